The van der Waals surface area contributed by atoms with Crippen LogP contribution in [0.15, 0.2) is 29.3 Å². The summed E-state index contributed by atoms with van der Waals surface area (Å²) in [6, 6.07) is 9.64. The molecule has 5 nitrogen and oxygen atoms in total. The van der Waals surface area contributed by atoms with Gasteiger partial charge in [0.25, 0.3) is 0 Å². The van der Waals surface area contributed by atoms with E-state index in [0.717, 1.165) is 11.3 Å². The molecule has 0 spiro atoms. The van der Waals surface area contributed by atoms with E-state index in [1.807, 2.05) is 30.5 Å². The number of nitrogens with two attached hydrogens (primary N) is 1. The van der Waals surface area contributed by atoms with Gasteiger partial charge in [0.05, 0.1) is 24.3 Å². The van der Waals surface area contributed by atoms with Gasteiger partial charge in [0, 0.05) is 5.56 Å². The Balaban J connectivity index is 2.06. The first-order chi connectivity index (χ1) is 11.7. The Morgan fingerprint density at radius 2 is 2.04 bits per heavy atom. The van der Waals surface area contributed by atoms with E-state index < -0.39 is 0 Å². The largest absolute Gasteiger partial charge is 0.486 e. The van der Waals surface area contributed by atoms with E-state index in [2.05, 4.69) is 17.0 Å². The minimum Gasteiger partial charge on any atom is -0.486 e. The number of nitriles is 1. The third-order valence-corrected chi connectivity index (χ3v) is 4.38. The van der Waals surface area contributed by atoms with E-state index in [-0.39, 0.29) is 11.9 Å². The molecule has 3 rings (SSSR count). The van der Waals surface area contributed by atoms with Crippen LogP contribution in [-0.4, -0.2) is 30.6 Å². The van der Waals surface area contributed by atoms with Crippen molar-refractivity contribution >= 4 is 17.6 Å². The number of ether oxygens (including phenoxy) is 2. The van der Waals surface area contributed by atoms with Crippen molar-refractivity contribution in [1.82, 2.24) is 4.98 Å². The fourth-order valence-corrected chi connectivity index (χ4v) is 2.98. The lowest BCUT2D eigenvalue weighted by Crippen LogP contribution is -2.38. The quantitative estimate of drug-likeness (QED) is 0.682. The minimum atomic E-state index is 0.103. The highest BCUT2D eigenvalue weighted by Crippen LogP contribution is 2.35. The highest BCUT2D eigenvalue weighted by Gasteiger charge is 2.21. The van der Waals surface area contributed by atoms with Gasteiger partial charge in [-0.05, 0) is 24.0 Å². The molecule has 6 heteroatoms. The number of hydrogen-bond donors (Lipinski definition) is 1. The van der Waals surface area contributed by atoms with Crippen LogP contribution in [0.4, 0.5) is 5.82 Å². The summed E-state index contributed by atoms with van der Waals surface area (Å²) in [5, 5.41) is 10.1. The molecule has 1 aromatic heterocycles. The molecule has 0 unspecified atom stereocenters. The van der Waals surface area contributed by atoms with Gasteiger partial charge in [-0.1, -0.05) is 18.1 Å². The van der Waals surface area contributed by atoms with Crippen LogP contribution in [-0.2, 0) is 4.74 Å². The first-order valence-electron chi connectivity index (χ1n) is 7.27. The SMILES string of the molecule is C#Cc1c(N)nc(SC)c(C#N)c1-c1ccc(OC2COC2)cc1. The fourth-order valence-electron chi connectivity index (χ4n) is 2.44. The smallest absolute Gasteiger partial charge is 0.145 e. The van der Waals surface area contributed by atoms with Crippen molar-refractivity contribution in [2.45, 2.75) is 11.1 Å². The van der Waals surface area contributed by atoms with E-state index in [4.69, 9.17) is 21.6 Å². The second kappa shape index (κ2) is 6.84. The summed E-state index contributed by atoms with van der Waals surface area (Å²) >= 11 is 1.36. The van der Waals surface area contributed by atoms with Gasteiger partial charge in [-0.2, -0.15) is 5.26 Å². The summed E-state index contributed by atoms with van der Waals surface area (Å²) in [6.07, 6.45) is 7.55. The second-order valence-electron chi connectivity index (χ2n) is 5.19. The zero-order valence-corrected chi connectivity index (χ0v) is 13.9. The lowest BCUT2D eigenvalue weighted by Gasteiger charge is -2.26. The number of terminal acetylenes is 1. The second-order valence-corrected chi connectivity index (χ2v) is 5.98. The molecular weight excluding hydrogens is 322 g/mol. The number of thioether (sulfide) groups is 1. The van der Waals surface area contributed by atoms with Gasteiger partial charge in [0.15, 0.2) is 0 Å². The molecule has 24 heavy (non-hydrogen) atoms. The van der Waals surface area contributed by atoms with Crippen molar-refractivity contribution < 1.29 is 9.47 Å². The first kappa shape index (κ1) is 16.2. The number of nitrogen functional groups attached to an aromatic ring is 1. The molecule has 1 fully saturated rings. The number of anilines is 1. The Bertz CT molecular complexity index is 847. The lowest BCUT2D eigenvalue weighted by molar-refractivity contribution is -0.0796. The van der Waals surface area contributed by atoms with E-state index in [9.17, 15) is 5.26 Å². The number of nitrogens with zero attached hydrogens (tertiary/aromatic N) is 2. The van der Waals surface area contributed by atoms with Gasteiger partial charge < -0.3 is 15.2 Å². The fraction of sp³-hybridized carbons (Fsp3) is 0.222. The number of rotatable bonds is 4. The van der Waals surface area contributed by atoms with Crippen molar-refractivity contribution in [3.05, 3.63) is 35.4 Å². The van der Waals surface area contributed by atoms with Crippen LogP contribution in [0, 0.1) is 23.7 Å². The summed E-state index contributed by atoms with van der Waals surface area (Å²) in [6.45, 7) is 1.22. The number of aromatic nitrogens is 1. The van der Waals surface area contributed by atoms with Crippen LogP contribution in [0.3, 0.4) is 0 Å². The Hall–Kier alpha value is -2.67. The maximum Gasteiger partial charge on any atom is 0.145 e. The summed E-state index contributed by atoms with van der Waals surface area (Å²) in [7, 11) is 0. The van der Waals surface area contributed by atoms with Crippen LogP contribution in [0.25, 0.3) is 11.1 Å². The highest BCUT2D eigenvalue weighted by atomic mass is 32.2. The van der Waals surface area contributed by atoms with E-state index in [0.29, 0.717) is 34.9 Å². The highest BCUT2D eigenvalue weighted by molar-refractivity contribution is 7.98. The zero-order valence-electron chi connectivity index (χ0n) is 13.1. The molecule has 1 aliphatic heterocycles. The third kappa shape index (κ3) is 2.90. The van der Waals surface area contributed by atoms with Gasteiger partial charge in [-0.25, -0.2) is 4.98 Å². The molecule has 120 valence electrons. The molecule has 2 heterocycles. The number of hydrogen-bond acceptors (Lipinski definition) is 6. The van der Waals surface area contributed by atoms with Crippen molar-refractivity contribution in [3.8, 4) is 35.3 Å². The molecule has 0 bridgehead atoms. The van der Waals surface area contributed by atoms with E-state index in [1.165, 1.54) is 11.8 Å². The molecular formula is C18H15N3O2S. The van der Waals surface area contributed by atoms with Crippen molar-refractivity contribution in [2.24, 2.45) is 0 Å². The van der Waals surface area contributed by atoms with Gasteiger partial charge >= 0.3 is 0 Å². The molecule has 0 saturated carbocycles. The summed E-state index contributed by atoms with van der Waals surface area (Å²) in [4.78, 5) is 4.23. The van der Waals surface area contributed by atoms with Crippen LogP contribution in [0.1, 0.15) is 11.1 Å². The third-order valence-electron chi connectivity index (χ3n) is 3.69. The van der Waals surface area contributed by atoms with E-state index in [1.54, 1.807) is 0 Å². The molecule has 2 N–H and O–H groups in total. The monoisotopic (exact) mass is 337 g/mol. The Morgan fingerprint density at radius 1 is 1.33 bits per heavy atom. The van der Waals surface area contributed by atoms with Crippen LogP contribution < -0.4 is 10.5 Å². The van der Waals surface area contributed by atoms with Crippen LogP contribution >= 0.6 is 11.8 Å². The van der Waals surface area contributed by atoms with Gasteiger partial charge in [0.2, 0.25) is 0 Å². The summed E-state index contributed by atoms with van der Waals surface area (Å²) < 4.78 is 10.8. The van der Waals surface area contributed by atoms with Crippen LogP contribution in [0.2, 0.25) is 0 Å². The first-order valence-corrected chi connectivity index (χ1v) is 8.49. The van der Waals surface area contributed by atoms with Crippen molar-refractivity contribution in [2.75, 3.05) is 25.2 Å². The molecule has 0 atom stereocenters. The molecule has 1 aromatic carbocycles. The summed E-state index contributed by atoms with van der Waals surface area (Å²) in [5.74, 6) is 3.56. The molecule has 1 aliphatic rings. The Morgan fingerprint density at radius 3 is 2.54 bits per heavy atom. The number of benzene rings is 1. The minimum absolute atomic E-state index is 0.103. The van der Waals surface area contributed by atoms with Gasteiger partial charge in [0.1, 0.15) is 28.8 Å². The maximum absolute atomic E-state index is 9.56. The van der Waals surface area contributed by atoms with Crippen molar-refractivity contribution in [3.63, 3.8) is 0 Å². The lowest BCUT2D eigenvalue weighted by atomic mass is 9.96. The maximum atomic E-state index is 9.56. The van der Waals surface area contributed by atoms with Gasteiger partial charge in [-0.15, -0.1) is 18.2 Å². The number of pyridine rings is 1. The average Bonchev–Trinajstić information content (AvgIpc) is 2.57. The molecule has 2 aromatic rings. The van der Waals surface area contributed by atoms with Gasteiger partial charge in [-0.3, -0.25) is 0 Å². The Kier molecular flexibility index (Phi) is 4.61. The predicted molar refractivity (Wildman–Crippen MR) is 93.8 cm³/mol. The average molecular weight is 337 g/mol. The predicted octanol–water partition coefficient (Wildman–Crippen LogP) is 2.68. The Labute approximate surface area is 144 Å². The normalized spacial score (nSPS) is 13.6. The molecule has 0 aliphatic carbocycles. The zero-order chi connectivity index (χ0) is 17.1. The molecule has 0 amide bonds. The van der Waals surface area contributed by atoms with Crippen LogP contribution in [0.5, 0.6) is 5.75 Å². The standard InChI is InChI=1S/C18H15N3O2S/c1-3-14-16(15(8-19)18(24-2)21-17(14)20)11-4-6-12(7-5-11)23-13-9-22-10-13/h1,4-7,13H,9-10H2,2H3,(H2,20,21). The van der Waals surface area contributed by atoms with Crippen molar-refractivity contribution in [1.29, 1.82) is 5.26 Å². The molecule has 0 radical (unpaired) electrons. The summed E-state index contributed by atoms with van der Waals surface area (Å²) in [5.41, 5.74) is 8.29. The van der Waals surface area contributed by atoms with E-state index >= 15 is 0 Å². The molecule has 1 saturated heterocycles. The topological polar surface area (TPSA) is 81.2 Å².